The highest BCUT2D eigenvalue weighted by Gasteiger charge is 2.41. The van der Waals surface area contributed by atoms with Crippen molar-refractivity contribution >= 4 is 17.4 Å². The Morgan fingerprint density at radius 1 is 1.24 bits per heavy atom. The number of alkyl halides is 4. The second kappa shape index (κ2) is 8.38. The van der Waals surface area contributed by atoms with Gasteiger partial charge in [-0.3, -0.25) is 9.20 Å². The molecule has 0 amide bonds. The monoisotopic (exact) mass is 466 g/mol. The number of nitrogens with zero attached hydrogens (tertiary/aromatic N) is 2. The van der Waals surface area contributed by atoms with Gasteiger partial charge in [-0.2, -0.15) is 17.6 Å². The SMILES string of the molecule is COc1cc(-c2cnc3cc(C(F)(F)C(=O)O)ccn23)cc(OC(F)F)c1C(=O)CC1CC1. The van der Waals surface area contributed by atoms with Crippen molar-refractivity contribution in [1.82, 2.24) is 9.38 Å². The average molecular weight is 466 g/mol. The van der Waals surface area contributed by atoms with E-state index in [2.05, 4.69) is 9.72 Å². The molecule has 174 valence electrons. The van der Waals surface area contributed by atoms with Gasteiger partial charge in [0.25, 0.3) is 0 Å². The zero-order chi connectivity index (χ0) is 23.9. The summed E-state index contributed by atoms with van der Waals surface area (Å²) in [6, 6.07) is 4.52. The number of imidazole rings is 1. The van der Waals surface area contributed by atoms with Gasteiger partial charge >= 0.3 is 18.5 Å². The molecular weight excluding hydrogens is 448 g/mol. The van der Waals surface area contributed by atoms with E-state index in [9.17, 15) is 27.2 Å². The van der Waals surface area contributed by atoms with E-state index >= 15 is 0 Å². The fourth-order valence-electron chi connectivity index (χ4n) is 3.56. The van der Waals surface area contributed by atoms with Crippen molar-refractivity contribution in [1.29, 1.82) is 0 Å². The third-order valence-electron chi connectivity index (χ3n) is 5.39. The van der Waals surface area contributed by atoms with E-state index in [1.165, 1.54) is 36.0 Å². The first-order valence-electron chi connectivity index (χ1n) is 9.91. The summed E-state index contributed by atoms with van der Waals surface area (Å²) < 4.78 is 65.2. The number of carbonyl (C=O) groups is 2. The summed E-state index contributed by atoms with van der Waals surface area (Å²) in [5, 5.41) is 8.75. The van der Waals surface area contributed by atoms with Crippen molar-refractivity contribution in [3.63, 3.8) is 0 Å². The van der Waals surface area contributed by atoms with E-state index in [1.54, 1.807) is 0 Å². The number of ether oxygens (including phenoxy) is 2. The largest absolute Gasteiger partial charge is 0.496 e. The van der Waals surface area contributed by atoms with Crippen molar-refractivity contribution in [3.8, 4) is 22.8 Å². The van der Waals surface area contributed by atoms with Crippen LogP contribution in [0.2, 0.25) is 0 Å². The molecule has 33 heavy (non-hydrogen) atoms. The lowest BCUT2D eigenvalue weighted by molar-refractivity contribution is -0.166. The number of aliphatic carboxylic acids is 1. The number of carboxylic acids is 1. The Labute approximate surface area is 184 Å². The van der Waals surface area contributed by atoms with E-state index in [1.807, 2.05) is 0 Å². The summed E-state index contributed by atoms with van der Waals surface area (Å²) in [4.78, 5) is 27.6. The Morgan fingerprint density at radius 3 is 2.55 bits per heavy atom. The van der Waals surface area contributed by atoms with Crippen LogP contribution in [0, 0.1) is 5.92 Å². The minimum Gasteiger partial charge on any atom is -0.496 e. The molecule has 0 spiro atoms. The summed E-state index contributed by atoms with van der Waals surface area (Å²) in [6.45, 7) is -3.19. The number of aromatic nitrogens is 2. The molecule has 1 aliphatic carbocycles. The summed E-state index contributed by atoms with van der Waals surface area (Å²) >= 11 is 0. The van der Waals surface area contributed by atoms with Crippen LogP contribution in [0.5, 0.6) is 11.5 Å². The number of Topliss-reactive ketones (excluding diaryl/α,β-unsaturated/α-hetero) is 1. The zero-order valence-corrected chi connectivity index (χ0v) is 17.2. The Hall–Kier alpha value is -3.63. The minimum atomic E-state index is -4.11. The summed E-state index contributed by atoms with van der Waals surface area (Å²) in [7, 11) is 1.29. The number of hydrogen-bond donors (Lipinski definition) is 1. The number of benzene rings is 1. The van der Waals surface area contributed by atoms with E-state index < -0.39 is 24.1 Å². The molecule has 0 saturated heterocycles. The van der Waals surface area contributed by atoms with Gasteiger partial charge in [-0.25, -0.2) is 9.78 Å². The number of rotatable bonds is 9. The minimum absolute atomic E-state index is 0.00704. The topological polar surface area (TPSA) is 90.1 Å². The maximum absolute atomic E-state index is 13.9. The van der Waals surface area contributed by atoms with E-state index in [0.29, 0.717) is 5.69 Å². The lowest BCUT2D eigenvalue weighted by Gasteiger charge is -2.16. The molecule has 0 aliphatic heterocycles. The Kier molecular flexibility index (Phi) is 5.73. The van der Waals surface area contributed by atoms with Gasteiger partial charge in [-0.15, -0.1) is 0 Å². The number of fused-ring (bicyclic) bond motifs is 1. The Bertz CT molecular complexity index is 1240. The summed E-state index contributed by atoms with van der Waals surface area (Å²) in [6.07, 6.45) is 4.45. The lowest BCUT2D eigenvalue weighted by Crippen LogP contribution is -2.25. The zero-order valence-electron chi connectivity index (χ0n) is 17.2. The fourth-order valence-corrected chi connectivity index (χ4v) is 3.56. The molecule has 1 aliphatic rings. The predicted molar refractivity (Wildman–Crippen MR) is 107 cm³/mol. The van der Waals surface area contributed by atoms with Crippen LogP contribution in [0.25, 0.3) is 16.9 Å². The Balaban J connectivity index is 1.81. The van der Waals surface area contributed by atoms with Crippen LogP contribution in [-0.2, 0) is 10.7 Å². The number of ketones is 1. The molecule has 1 saturated carbocycles. The number of carboxylic acid groups (broad SMARTS) is 1. The molecule has 4 rings (SSSR count). The first-order chi connectivity index (χ1) is 15.6. The highest BCUT2D eigenvalue weighted by molar-refractivity contribution is 6.02. The average Bonchev–Trinajstić information content (AvgIpc) is 3.47. The van der Waals surface area contributed by atoms with Crippen LogP contribution >= 0.6 is 0 Å². The molecule has 1 N–H and O–H groups in total. The molecule has 11 heteroatoms. The van der Waals surface area contributed by atoms with Crippen molar-refractivity contribution in [2.24, 2.45) is 5.92 Å². The second-order valence-corrected chi connectivity index (χ2v) is 7.67. The van der Waals surface area contributed by atoms with Gasteiger partial charge < -0.3 is 14.6 Å². The van der Waals surface area contributed by atoms with Gasteiger partial charge in [0.05, 0.1) is 19.0 Å². The smallest absolute Gasteiger partial charge is 0.387 e. The van der Waals surface area contributed by atoms with Gasteiger partial charge in [-0.05, 0) is 43.0 Å². The van der Waals surface area contributed by atoms with Crippen LogP contribution in [0.15, 0.2) is 36.7 Å². The predicted octanol–water partition coefficient (Wildman–Crippen LogP) is 4.77. The molecular formula is C22H18F4N2O5. The normalized spacial score (nSPS) is 14.0. The van der Waals surface area contributed by atoms with Gasteiger partial charge in [0.15, 0.2) is 5.78 Å². The first-order valence-corrected chi connectivity index (χ1v) is 9.91. The standard InChI is InChI=1S/C22H18F4N2O5/c1-32-16-7-12(8-17(33-21(23)24)19(16)15(29)6-11-2-3-11)14-10-27-18-9-13(4-5-28(14)18)22(25,26)20(30)31/h4-5,7-11,21H,2-3,6H2,1H3,(H,30,31). The number of methoxy groups -OCH3 is 1. The highest BCUT2D eigenvalue weighted by atomic mass is 19.3. The summed E-state index contributed by atoms with van der Waals surface area (Å²) in [5.74, 6) is -6.93. The van der Waals surface area contributed by atoms with Gasteiger partial charge in [0.2, 0.25) is 0 Å². The summed E-state index contributed by atoms with van der Waals surface area (Å²) in [5.41, 5.74) is -0.275. The van der Waals surface area contributed by atoms with Crippen molar-refractivity contribution in [2.45, 2.75) is 31.8 Å². The number of pyridine rings is 1. The molecule has 3 aromatic rings. The first kappa shape index (κ1) is 22.6. The van der Waals surface area contributed by atoms with Crippen LogP contribution in [0.1, 0.15) is 35.2 Å². The molecule has 1 aromatic carbocycles. The third kappa shape index (κ3) is 4.35. The highest BCUT2D eigenvalue weighted by Crippen LogP contribution is 2.40. The van der Waals surface area contributed by atoms with Gasteiger partial charge in [-0.1, -0.05) is 0 Å². The number of carbonyl (C=O) groups excluding carboxylic acids is 1. The fraction of sp³-hybridized carbons (Fsp3) is 0.318. The number of hydrogen-bond acceptors (Lipinski definition) is 5. The van der Waals surface area contributed by atoms with Crippen LogP contribution in [0.3, 0.4) is 0 Å². The van der Waals surface area contributed by atoms with Crippen LogP contribution in [-0.4, -0.2) is 40.0 Å². The molecule has 2 aromatic heterocycles. The van der Waals surface area contributed by atoms with Crippen molar-refractivity contribution in [3.05, 3.63) is 47.8 Å². The quantitative estimate of drug-likeness (QED) is 0.361. The van der Waals surface area contributed by atoms with Gasteiger partial charge in [0, 0.05) is 23.7 Å². The van der Waals surface area contributed by atoms with Crippen molar-refractivity contribution in [2.75, 3.05) is 7.11 Å². The number of halogens is 4. The van der Waals surface area contributed by atoms with E-state index in [4.69, 9.17) is 9.84 Å². The van der Waals surface area contributed by atoms with E-state index in [-0.39, 0.29) is 46.4 Å². The maximum Gasteiger partial charge on any atom is 0.387 e. The van der Waals surface area contributed by atoms with E-state index in [0.717, 1.165) is 25.0 Å². The molecule has 0 radical (unpaired) electrons. The van der Waals surface area contributed by atoms with Gasteiger partial charge in [0.1, 0.15) is 22.7 Å². The lowest BCUT2D eigenvalue weighted by atomic mass is 10.00. The van der Waals surface area contributed by atoms with Crippen LogP contribution in [0.4, 0.5) is 17.6 Å². The molecule has 2 heterocycles. The molecule has 1 fully saturated rings. The molecule has 0 bridgehead atoms. The van der Waals surface area contributed by atoms with Crippen molar-refractivity contribution < 1.29 is 41.7 Å². The second-order valence-electron chi connectivity index (χ2n) is 7.67. The Morgan fingerprint density at radius 2 is 1.94 bits per heavy atom. The molecule has 0 unspecified atom stereocenters. The maximum atomic E-state index is 13.9. The third-order valence-corrected chi connectivity index (χ3v) is 5.39. The molecule has 7 nitrogen and oxygen atoms in total. The molecule has 0 atom stereocenters. The van der Waals surface area contributed by atoms with Crippen LogP contribution < -0.4 is 9.47 Å².